The van der Waals surface area contributed by atoms with E-state index < -0.39 is 0 Å². The minimum absolute atomic E-state index is 0.105. The zero-order valence-corrected chi connectivity index (χ0v) is 16.3. The molecule has 4 aromatic rings. The van der Waals surface area contributed by atoms with Gasteiger partial charge >= 0.3 is 0 Å². The van der Waals surface area contributed by atoms with E-state index in [0.29, 0.717) is 22.2 Å². The number of hydrogen-bond donors (Lipinski definition) is 1. The smallest absolute Gasteiger partial charge is 0.248 e. The summed E-state index contributed by atoms with van der Waals surface area (Å²) in [5.74, 6) is 0.194. The molecule has 1 N–H and O–H groups in total. The van der Waals surface area contributed by atoms with Gasteiger partial charge in [-0.1, -0.05) is 54.6 Å². The Morgan fingerprint density at radius 1 is 0.900 bits per heavy atom. The van der Waals surface area contributed by atoms with Gasteiger partial charge in [0.25, 0.3) is 0 Å². The number of carbonyl (C=O) groups is 2. The van der Waals surface area contributed by atoms with Crippen LogP contribution in [0.3, 0.4) is 0 Å². The van der Waals surface area contributed by atoms with Gasteiger partial charge in [0.05, 0.1) is 12.8 Å². The summed E-state index contributed by atoms with van der Waals surface area (Å²) < 4.78 is 10.9. The van der Waals surface area contributed by atoms with E-state index in [1.165, 1.54) is 6.08 Å². The highest BCUT2D eigenvalue weighted by atomic mass is 16.5. The van der Waals surface area contributed by atoms with Gasteiger partial charge in [0, 0.05) is 17.0 Å². The van der Waals surface area contributed by atoms with Crippen molar-refractivity contribution in [3.05, 3.63) is 102 Å². The Labute approximate surface area is 173 Å². The highest BCUT2D eigenvalue weighted by Gasteiger charge is 2.22. The molecular formula is C25H19NO4. The number of amides is 1. The molecule has 1 amide bonds. The van der Waals surface area contributed by atoms with Crippen LogP contribution in [-0.2, 0) is 4.79 Å². The predicted octanol–water partition coefficient (Wildman–Crippen LogP) is 5.32. The Balaban J connectivity index is 1.63. The number of rotatable bonds is 6. The summed E-state index contributed by atoms with van der Waals surface area (Å²) in [6.07, 6.45) is 3.11. The summed E-state index contributed by atoms with van der Waals surface area (Å²) >= 11 is 0. The van der Waals surface area contributed by atoms with Crippen molar-refractivity contribution < 1.29 is 18.7 Å². The number of benzene rings is 3. The van der Waals surface area contributed by atoms with Crippen LogP contribution in [0.4, 0.5) is 5.69 Å². The fourth-order valence-corrected chi connectivity index (χ4v) is 3.10. The number of fused-ring (bicyclic) bond motifs is 1. The van der Waals surface area contributed by atoms with Crippen LogP contribution >= 0.6 is 0 Å². The molecule has 4 rings (SSSR count). The molecule has 3 aromatic carbocycles. The van der Waals surface area contributed by atoms with Crippen LogP contribution in [0.5, 0.6) is 5.75 Å². The maximum absolute atomic E-state index is 13.0. The van der Waals surface area contributed by atoms with Crippen molar-refractivity contribution in [3.8, 4) is 5.75 Å². The molecule has 148 valence electrons. The molecule has 5 heteroatoms. The highest BCUT2D eigenvalue weighted by molar-refractivity contribution is 6.18. The summed E-state index contributed by atoms with van der Waals surface area (Å²) in [7, 11) is 1.60. The Morgan fingerprint density at radius 3 is 2.33 bits per heavy atom. The SMILES string of the molecule is COc1ccc(C=CC(=O)Nc2c(C(=O)c3ccccc3)oc3ccccc23)cc1. The van der Waals surface area contributed by atoms with Crippen LogP contribution in [-0.4, -0.2) is 18.8 Å². The number of hydrogen-bond acceptors (Lipinski definition) is 4. The summed E-state index contributed by atoms with van der Waals surface area (Å²) in [6, 6.07) is 23.4. The molecule has 0 bridgehead atoms. The Kier molecular flexibility index (Phi) is 5.44. The first-order chi connectivity index (χ1) is 14.7. The number of anilines is 1. The topological polar surface area (TPSA) is 68.5 Å². The second-order valence-corrected chi connectivity index (χ2v) is 6.59. The van der Waals surface area contributed by atoms with Gasteiger partial charge < -0.3 is 14.5 Å². The lowest BCUT2D eigenvalue weighted by molar-refractivity contribution is -0.111. The van der Waals surface area contributed by atoms with Crippen molar-refractivity contribution in [2.45, 2.75) is 0 Å². The van der Waals surface area contributed by atoms with Crippen molar-refractivity contribution in [2.24, 2.45) is 0 Å². The third-order valence-electron chi connectivity index (χ3n) is 4.63. The van der Waals surface area contributed by atoms with E-state index in [0.717, 1.165) is 11.3 Å². The highest BCUT2D eigenvalue weighted by Crippen LogP contribution is 2.32. The van der Waals surface area contributed by atoms with E-state index in [1.807, 2.05) is 48.5 Å². The van der Waals surface area contributed by atoms with E-state index in [9.17, 15) is 9.59 Å². The minimum atomic E-state index is -0.362. The summed E-state index contributed by atoms with van der Waals surface area (Å²) in [4.78, 5) is 25.6. The molecule has 0 unspecified atom stereocenters. The molecule has 1 heterocycles. The lowest BCUT2D eigenvalue weighted by Gasteiger charge is -2.04. The molecule has 0 saturated carbocycles. The molecule has 0 fully saturated rings. The molecule has 0 atom stereocenters. The number of ketones is 1. The van der Waals surface area contributed by atoms with E-state index in [4.69, 9.17) is 9.15 Å². The van der Waals surface area contributed by atoms with Crippen molar-refractivity contribution in [2.75, 3.05) is 12.4 Å². The molecule has 0 saturated heterocycles. The van der Waals surface area contributed by atoms with Crippen LogP contribution in [0, 0.1) is 0 Å². The van der Waals surface area contributed by atoms with Gasteiger partial charge in [-0.25, -0.2) is 0 Å². The molecule has 0 spiro atoms. The van der Waals surface area contributed by atoms with Crippen LogP contribution in [0.15, 0.2) is 89.4 Å². The second-order valence-electron chi connectivity index (χ2n) is 6.59. The van der Waals surface area contributed by atoms with Gasteiger partial charge in [0.2, 0.25) is 11.7 Å². The summed E-state index contributed by atoms with van der Waals surface area (Å²) in [5.41, 5.74) is 2.24. The van der Waals surface area contributed by atoms with Crippen molar-refractivity contribution in [3.63, 3.8) is 0 Å². The van der Waals surface area contributed by atoms with Crippen LogP contribution < -0.4 is 10.1 Å². The van der Waals surface area contributed by atoms with E-state index in [-0.39, 0.29) is 17.5 Å². The number of nitrogens with one attached hydrogen (secondary N) is 1. The molecular weight excluding hydrogens is 378 g/mol. The number of carbonyl (C=O) groups excluding carboxylic acids is 2. The van der Waals surface area contributed by atoms with Gasteiger partial charge in [-0.3, -0.25) is 9.59 Å². The summed E-state index contributed by atoms with van der Waals surface area (Å²) in [6.45, 7) is 0. The number of ether oxygens (including phenoxy) is 1. The fourth-order valence-electron chi connectivity index (χ4n) is 3.10. The van der Waals surface area contributed by atoms with Gasteiger partial charge in [0.1, 0.15) is 11.3 Å². The average Bonchev–Trinajstić information content (AvgIpc) is 3.16. The first-order valence-corrected chi connectivity index (χ1v) is 9.40. The molecule has 5 nitrogen and oxygen atoms in total. The number of methoxy groups -OCH3 is 1. The third-order valence-corrected chi connectivity index (χ3v) is 4.63. The first kappa shape index (κ1) is 19.2. The monoisotopic (exact) mass is 397 g/mol. The Morgan fingerprint density at radius 2 is 1.60 bits per heavy atom. The van der Waals surface area contributed by atoms with Gasteiger partial charge in [-0.05, 0) is 35.9 Å². The molecule has 0 aliphatic carbocycles. The minimum Gasteiger partial charge on any atom is -0.497 e. The molecule has 1 aromatic heterocycles. The molecule has 0 aliphatic rings. The van der Waals surface area contributed by atoms with Crippen LogP contribution in [0.1, 0.15) is 21.7 Å². The zero-order valence-electron chi connectivity index (χ0n) is 16.3. The van der Waals surface area contributed by atoms with E-state index >= 15 is 0 Å². The second kappa shape index (κ2) is 8.49. The van der Waals surface area contributed by atoms with Gasteiger partial charge in [-0.15, -0.1) is 0 Å². The maximum Gasteiger partial charge on any atom is 0.248 e. The fraction of sp³-hybridized carbons (Fsp3) is 0.0400. The van der Waals surface area contributed by atoms with E-state index in [1.54, 1.807) is 43.5 Å². The molecule has 30 heavy (non-hydrogen) atoms. The zero-order chi connectivity index (χ0) is 20.9. The van der Waals surface area contributed by atoms with Crippen molar-refractivity contribution in [1.29, 1.82) is 0 Å². The van der Waals surface area contributed by atoms with Crippen molar-refractivity contribution in [1.82, 2.24) is 0 Å². The summed E-state index contributed by atoms with van der Waals surface area (Å²) in [5, 5.41) is 3.48. The maximum atomic E-state index is 13.0. The Hall–Kier alpha value is -4.12. The predicted molar refractivity (Wildman–Crippen MR) is 117 cm³/mol. The van der Waals surface area contributed by atoms with Gasteiger partial charge in [-0.2, -0.15) is 0 Å². The molecule has 0 radical (unpaired) electrons. The largest absolute Gasteiger partial charge is 0.497 e. The first-order valence-electron chi connectivity index (χ1n) is 9.40. The van der Waals surface area contributed by atoms with Crippen LogP contribution in [0.25, 0.3) is 17.0 Å². The normalized spacial score (nSPS) is 11.0. The van der Waals surface area contributed by atoms with Gasteiger partial charge in [0.15, 0.2) is 5.76 Å². The lowest BCUT2D eigenvalue weighted by atomic mass is 10.1. The standard InChI is InChI=1S/C25H19NO4/c1-29-19-14-11-17(12-15-19)13-16-22(27)26-23-20-9-5-6-10-21(20)30-25(23)24(28)18-7-3-2-4-8-18/h2-16H,1H3,(H,26,27). The number of para-hydroxylation sites is 1. The lowest BCUT2D eigenvalue weighted by Crippen LogP contribution is -2.11. The average molecular weight is 397 g/mol. The molecule has 0 aliphatic heterocycles. The van der Waals surface area contributed by atoms with Crippen LogP contribution in [0.2, 0.25) is 0 Å². The van der Waals surface area contributed by atoms with Crippen molar-refractivity contribution >= 4 is 34.4 Å². The Bertz CT molecular complexity index is 1220. The number of furan rings is 1. The quantitative estimate of drug-likeness (QED) is 0.353. The third kappa shape index (κ3) is 4.00. The van der Waals surface area contributed by atoms with E-state index in [2.05, 4.69) is 5.32 Å².